The highest BCUT2D eigenvalue weighted by Gasteiger charge is 2.20. The minimum absolute atomic E-state index is 0.203. The van der Waals surface area contributed by atoms with Gasteiger partial charge in [0.15, 0.2) is 17.5 Å². The molecule has 1 aromatic rings. The molecule has 0 saturated heterocycles. The van der Waals surface area contributed by atoms with Gasteiger partial charge in [-0.15, -0.1) is 0 Å². The number of hydrogen-bond donors (Lipinski definition) is 0. The van der Waals surface area contributed by atoms with E-state index in [2.05, 4.69) is 15.9 Å². The van der Waals surface area contributed by atoms with Crippen LogP contribution < -0.4 is 0 Å². The Morgan fingerprint density at radius 1 is 0.833 bits per heavy atom. The zero-order valence-electron chi connectivity index (χ0n) is 5.27. The van der Waals surface area contributed by atoms with Crippen molar-refractivity contribution < 1.29 is 13.2 Å². The third kappa shape index (κ3) is 1.74. The molecule has 0 radical (unpaired) electrons. The van der Waals surface area contributed by atoms with Gasteiger partial charge < -0.3 is 0 Å². The lowest BCUT2D eigenvalue weighted by Crippen LogP contribution is -1.99. The first kappa shape index (κ1) is 11.0. The standard InChI is InChI=1S/C6BrF3I2/c7-1-2(8)5(11)4(10)6(12)3(1)9. The van der Waals surface area contributed by atoms with Crippen molar-refractivity contribution in [2.45, 2.75) is 0 Å². The number of hydrogen-bond acceptors (Lipinski definition) is 0. The summed E-state index contributed by atoms with van der Waals surface area (Å²) in [6.07, 6.45) is 0. The van der Waals surface area contributed by atoms with Gasteiger partial charge in [-0.25, -0.2) is 13.2 Å². The maximum Gasteiger partial charge on any atom is 0.156 e. The monoisotopic (exact) mass is 462 g/mol. The van der Waals surface area contributed by atoms with Gasteiger partial charge in [-0.1, -0.05) is 0 Å². The summed E-state index contributed by atoms with van der Waals surface area (Å²) in [6.45, 7) is 0. The Labute approximate surface area is 102 Å². The Bertz CT molecular complexity index is 235. The van der Waals surface area contributed by atoms with E-state index in [-0.39, 0.29) is 11.6 Å². The van der Waals surface area contributed by atoms with Crippen LogP contribution in [0.1, 0.15) is 0 Å². The molecular formula is C6BrF3I2. The molecule has 0 N–H and O–H groups in total. The Balaban J connectivity index is 3.60. The molecule has 66 valence electrons. The first-order chi connectivity index (χ1) is 5.46. The predicted octanol–water partition coefficient (Wildman–Crippen LogP) is 4.08. The molecule has 0 unspecified atom stereocenters. The Morgan fingerprint density at radius 2 is 1.17 bits per heavy atom. The van der Waals surface area contributed by atoms with Gasteiger partial charge in [-0.05, 0) is 61.1 Å². The van der Waals surface area contributed by atoms with Crippen LogP contribution in [0.4, 0.5) is 13.2 Å². The van der Waals surface area contributed by atoms with Crippen molar-refractivity contribution in [3.63, 3.8) is 0 Å². The predicted molar refractivity (Wildman–Crippen MR) is 59.4 cm³/mol. The van der Waals surface area contributed by atoms with E-state index >= 15 is 0 Å². The molecule has 0 aliphatic rings. The highest BCUT2D eigenvalue weighted by atomic mass is 127. The van der Waals surface area contributed by atoms with Gasteiger partial charge in [-0.3, -0.25) is 0 Å². The summed E-state index contributed by atoms with van der Waals surface area (Å²) >= 11 is 5.66. The second-order valence-electron chi connectivity index (χ2n) is 1.88. The molecule has 0 heterocycles. The minimum atomic E-state index is -0.897. The minimum Gasteiger partial charge on any atom is -0.204 e. The quantitative estimate of drug-likeness (QED) is 0.310. The summed E-state index contributed by atoms with van der Waals surface area (Å²) in [4.78, 5) is 0. The van der Waals surface area contributed by atoms with Crippen molar-refractivity contribution >= 4 is 61.1 Å². The molecule has 1 rings (SSSR count). The average Bonchev–Trinajstić information content (AvgIpc) is 2.08. The van der Waals surface area contributed by atoms with E-state index in [1.165, 1.54) is 45.2 Å². The molecule has 6 heteroatoms. The number of halogens is 6. The van der Waals surface area contributed by atoms with Crippen LogP contribution in [0, 0.1) is 24.6 Å². The molecule has 0 nitrogen and oxygen atoms in total. The summed E-state index contributed by atoms with van der Waals surface area (Å²) in [5.74, 6) is -2.65. The van der Waals surface area contributed by atoms with E-state index < -0.39 is 17.5 Å². The summed E-state index contributed by atoms with van der Waals surface area (Å²) in [5, 5.41) is 0. The molecule has 0 fully saturated rings. The average molecular weight is 463 g/mol. The molecule has 0 aromatic heterocycles. The zero-order valence-corrected chi connectivity index (χ0v) is 11.2. The van der Waals surface area contributed by atoms with Gasteiger partial charge in [0.1, 0.15) is 0 Å². The van der Waals surface area contributed by atoms with Crippen LogP contribution in [0.5, 0.6) is 0 Å². The van der Waals surface area contributed by atoms with Crippen LogP contribution in [0.25, 0.3) is 0 Å². The molecule has 0 aliphatic heterocycles. The van der Waals surface area contributed by atoms with Gasteiger partial charge in [0.25, 0.3) is 0 Å². The maximum atomic E-state index is 12.9. The third-order valence-electron chi connectivity index (χ3n) is 1.16. The van der Waals surface area contributed by atoms with Crippen LogP contribution in [-0.2, 0) is 0 Å². The van der Waals surface area contributed by atoms with E-state index in [0.717, 1.165) is 0 Å². The fourth-order valence-electron chi connectivity index (χ4n) is 0.578. The summed E-state index contributed by atoms with van der Waals surface area (Å²) in [6, 6.07) is 0. The topological polar surface area (TPSA) is 0 Å². The van der Waals surface area contributed by atoms with Crippen molar-refractivity contribution in [1.29, 1.82) is 0 Å². The van der Waals surface area contributed by atoms with E-state index in [0.29, 0.717) is 0 Å². The van der Waals surface area contributed by atoms with Crippen LogP contribution >= 0.6 is 61.1 Å². The lowest BCUT2D eigenvalue weighted by atomic mass is 10.3. The first-order valence-corrected chi connectivity index (χ1v) is 5.58. The molecular weight excluding hydrogens is 463 g/mol. The molecule has 0 amide bonds. The fraction of sp³-hybridized carbons (Fsp3) is 0. The summed E-state index contributed by atoms with van der Waals surface area (Å²) in [5.41, 5.74) is 0. The smallest absolute Gasteiger partial charge is 0.156 e. The summed E-state index contributed by atoms with van der Waals surface area (Å²) in [7, 11) is 0. The molecule has 0 spiro atoms. The van der Waals surface area contributed by atoms with Gasteiger partial charge in [-0.2, -0.15) is 0 Å². The molecule has 0 aliphatic carbocycles. The number of rotatable bonds is 0. The van der Waals surface area contributed by atoms with Crippen LogP contribution in [0.2, 0.25) is 0 Å². The van der Waals surface area contributed by atoms with Gasteiger partial charge in [0.05, 0.1) is 11.6 Å². The first-order valence-electron chi connectivity index (χ1n) is 2.63. The lowest BCUT2D eigenvalue weighted by Gasteiger charge is -2.03. The highest BCUT2D eigenvalue weighted by molar-refractivity contribution is 14.1. The van der Waals surface area contributed by atoms with Gasteiger partial charge >= 0.3 is 0 Å². The van der Waals surface area contributed by atoms with E-state index in [1.54, 1.807) is 0 Å². The zero-order chi connectivity index (χ0) is 9.46. The molecule has 0 atom stereocenters. The van der Waals surface area contributed by atoms with E-state index in [9.17, 15) is 13.2 Å². The second-order valence-corrected chi connectivity index (χ2v) is 4.83. The third-order valence-corrected chi connectivity index (χ3v) is 3.75. The maximum absolute atomic E-state index is 12.9. The Kier molecular flexibility index (Phi) is 3.67. The van der Waals surface area contributed by atoms with Crippen molar-refractivity contribution in [3.8, 4) is 0 Å². The highest BCUT2D eigenvalue weighted by Crippen LogP contribution is 2.30. The molecule has 0 saturated carbocycles. The van der Waals surface area contributed by atoms with Crippen molar-refractivity contribution in [2.24, 2.45) is 0 Å². The second kappa shape index (κ2) is 3.99. The largest absolute Gasteiger partial charge is 0.204 e. The van der Waals surface area contributed by atoms with Crippen molar-refractivity contribution in [2.75, 3.05) is 0 Å². The lowest BCUT2D eigenvalue weighted by molar-refractivity contribution is 0.516. The Hall–Kier alpha value is 0.950. The molecule has 1 aromatic carbocycles. The molecule has 0 bridgehead atoms. The SMILES string of the molecule is Fc1c(Br)c(F)c(I)c(F)c1I. The fourth-order valence-corrected chi connectivity index (χ4v) is 3.31. The van der Waals surface area contributed by atoms with E-state index in [1.807, 2.05) is 0 Å². The van der Waals surface area contributed by atoms with Crippen molar-refractivity contribution in [3.05, 3.63) is 29.1 Å². The van der Waals surface area contributed by atoms with E-state index in [4.69, 9.17) is 0 Å². The van der Waals surface area contributed by atoms with Gasteiger partial charge in [0.2, 0.25) is 0 Å². The Morgan fingerprint density at radius 3 is 1.50 bits per heavy atom. The normalized spacial score (nSPS) is 10.5. The van der Waals surface area contributed by atoms with Crippen molar-refractivity contribution in [1.82, 2.24) is 0 Å². The number of benzene rings is 1. The summed E-state index contributed by atoms with van der Waals surface area (Å²) < 4.78 is 38.0. The van der Waals surface area contributed by atoms with Crippen LogP contribution in [0.15, 0.2) is 4.47 Å². The van der Waals surface area contributed by atoms with Gasteiger partial charge in [0, 0.05) is 0 Å². The van der Waals surface area contributed by atoms with Crippen LogP contribution in [-0.4, -0.2) is 0 Å². The van der Waals surface area contributed by atoms with Crippen LogP contribution in [0.3, 0.4) is 0 Å². The molecule has 12 heavy (non-hydrogen) atoms.